The van der Waals surface area contributed by atoms with Crippen LogP contribution in [0.4, 0.5) is 5.82 Å². The second kappa shape index (κ2) is 4.89. The van der Waals surface area contributed by atoms with Crippen LogP contribution < -0.4 is 5.73 Å². The predicted octanol–water partition coefficient (Wildman–Crippen LogP) is 3.10. The number of hydrogen-bond acceptors (Lipinski definition) is 2. The highest BCUT2D eigenvalue weighted by Gasteiger charge is 2.21. The minimum Gasteiger partial charge on any atom is -0.384 e. The Bertz CT molecular complexity index is 354. The topological polar surface area (TPSA) is 43.8 Å². The van der Waals surface area contributed by atoms with E-state index in [0.29, 0.717) is 6.04 Å². The summed E-state index contributed by atoms with van der Waals surface area (Å²) in [6.45, 7) is 4.47. The van der Waals surface area contributed by atoms with Gasteiger partial charge in [0.05, 0.1) is 5.69 Å². The first-order valence-corrected chi connectivity index (χ1v) is 6.59. The van der Waals surface area contributed by atoms with Crippen LogP contribution >= 0.6 is 0 Å². The molecule has 0 saturated heterocycles. The average molecular weight is 221 g/mol. The number of anilines is 1. The molecule has 0 aromatic carbocycles. The molecule has 0 aliphatic carbocycles. The molecule has 2 rings (SSSR count). The summed E-state index contributed by atoms with van der Waals surface area (Å²) in [7, 11) is 0. The van der Waals surface area contributed by atoms with Gasteiger partial charge in [-0.1, -0.05) is 19.8 Å². The highest BCUT2D eigenvalue weighted by atomic mass is 15.2. The number of aromatic nitrogens is 2. The van der Waals surface area contributed by atoms with Crippen LogP contribution in [0, 0.1) is 0 Å². The maximum absolute atomic E-state index is 6.20. The minimum atomic E-state index is 0.538. The minimum absolute atomic E-state index is 0.538. The van der Waals surface area contributed by atoms with Gasteiger partial charge in [0.1, 0.15) is 11.6 Å². The van der Waals surface area contributed by atoms with Crippen molar-refractivity contribution >= 4 is 5.82 Å². The maximum Gasteiger partial charge on any atom is 0.127 e. The van der Waals surface area contributed by atoms with Crippen molar-refractivity contribution in [2.24, 2.45) is 0 Å². The fourth-order valence-corrected chi connectivity index (χ4v) is 2.62. The Morgan fingerprint density at radius 1 is 1.44 bits per heavy atom. The van der Waals surface area contributed by atoms with Crippen molar-refractivity contribution in [3.05, 3.63) is 11.5 Å². The number of nitrogens with two attached hydrogens (primary N) is 1. The molecule has 1 unspecified atom stereocenters. The molecule has 3 heteroatoms. The van der Waals surface area contributed by atoms with Gasteiger partial charge in [-0.3, -0.25) is 0 Å². The third-order valence-electron chi connectivity index (χ3n) is 3.58. The monoisotopic (exact) mass is 221 g/mol. The lowest BCUT2D eigenvalue weighted by Crippen LogP contribution is -2.17. The number of imidazole rings is 1. The smallest absolute Gasteiger partial charge is 0.127 e. The van der Waals surface area contributed by atoms with Crippen molar-refractivity contribution in [1.82, 2.24) is 9.55 Å². The van der Waals surface area contributed by atoms with E-state index >= 15 is 0 Å². The Morgan fingerprint density at radius 3 is 2.94 bits per heavy atom. The summed E-state index contributed by atoms with van der Waals surface area (Å²) >= 11 is 0. The molecule has 2 heterocycles. The normalized spacial score (nSPS) is 19.8. The number of hydrogen-bond donors (Lipinski definition) is 1. The van der Waals surface area contributed by atoms with Gasteiger partial charge in [0.2, 0.25) is 0 Å². The number of nitrogens with zero attached hydrogens (tertiary/aromatic N) is 2. The van der Waals surface area contributed by atoms with Gasteiger partial charge in [-0.15, -0.1) is 0 Å². The number of nitrogen functional groups attached to an aromatic ring is 1. The number of rotatable bonds is 4. The third kappa shape index (κ3) is 2.08. The van der Waals surface area contributed by atoms with Gasteiger partial charge in [0.15, 0.2) is 0 Å². The Morgan fingerprint density at radius 2 is 2.25 bits per heavy atom. The molecule has 3 nitrogen and oxygen atoms in total. The molecule has 0 amide bonds. The molecule has 0 radical (unpaired) electrons. The molecule has 0 bridgehead atoms. The van der Waals surface area contributed by atoms with Crippen molar-refractivity contribution in [1.29, 1.82) is 0 Å². The third-order valence-corrected chi connectivity index (χ3v) is 3.58. The van der Waals surface area contributed by atoms with Crippen LogP contribution in [-0.2, 0) is 12.8 Å². The van der Waals surface area contributed by atoms with E-state index in [1.54, 1.807) is 0 Å². The number of unbranched alkanes of at least 4 members (excludes halogenated alkanes) is 2. The molecule has 0 spiro atoms. The SMILES string of the molecule is CCCCCc1nc2n(c1N)C(C)CCC2. The van der Waals surface area contributed by atoms with E-state index < -0.39 is 0 Å². The summed E-state index contributed by atoms with van der Waals surface area (Å²) in [5, 5.41) is 0. The largest absolute Gasteiger partial charge is 0.384 e. The van der Waals surface area contributed by atoms with Crippen LogP contribution in [0.25, 0.3) is 0 Å². The zero-order valence-corrected chi connectivity index (χ0v) is 10.5. The first-order valence-electron chi connectivity index (χ1n) is 6.59. The molecule has 1 aliphatic rings. The first-order chi connectivity index (χ1) is 7.74. The van der Waals surface area contributed by atoms with Gasteiger partial charge in [0.25, 0.3) is 0 Å². The molecule has 0 fully saturated rings. The molecule has 0 saturated carbocycles. The van der Waals surface area contributed by atoms with Crippen LogP contribution in [0.1, 0.15) is 63.5 Å². The first kappa shape index (κ1) is 11.5. The summed E-state index contributed by atoms with van der Waals surface area (Å²) in [5.41, 5.74) is 7.33. The summed E-state index contributed by atoms with van der Waals surface area (Å²) < 4.78 is 2.25. The zero-order chi connectivity index (χ0) is 11.5. The van der Waals surface area contributed by atoms with Gasteiger partial charge >= 0.3 is 0 Å². The zero-order valence-electron chi connectivity index (χ0n) is 10.5. The fraction of sp³-hybridized carbons (Fsp3) is 0.769. The molecule has 1 aromatic heterocycles. The van der Waals surface area contributed by atoms with E-state index in [1.807, 2.05) is 0 Å². The lowest BCUT2D eigenvalue weighted by molar-refractivity contribution is 0.430. The van der Waals surface area contributed by atoms with Crippen molar-refractivity contribution in [2.75, 3.05) is 5.73 Å². The Kier molecular flexibility index (Phi) is 3.52. The van der Waals surface area contributed by atoms with Crippen LogP contribution in [0.5, 0.6) is 0 Å². The van der Waals surface area contributed by atoms with Crippen LogP contribution in [0.15, 0.2) is 0 Å². The lowest BCUT2D eigenvalue weighted by Gasteiger charge is -2.22. The fourth-order valence-electron chi connectivity index (χ4n) is 2.62. The Hall–Kier alpha value is -0.990. The summed E-state index contributed by atoms with van der Waals surface area (Å²) in [4.78, 5) is 4.71. The molecular formula is C13H23N3. The lowest BCUT2D eigenvalue weighted by atomic mass is 10.1. The highest BCUT2D eigenvalue weighted by molar-refractivity contribution is 5.39. The van der Waals surface area contributed by atoms with E-state index in [9.17, 15) is 0 Å². The Labute approximate surface area is 98.1 Å². The molecule has 16 heavy (non-hydrogen) atoms. The van der Waals surface area contributed by atoms with Gasteiger partial charge < -0.3 is 10.3 Å². The molecule has 1 aromatic rings. The van der Waals surface area contributed by atoms with Gasteiger partial charge in [-0.25, -0.2) is 4.98 Å². The van der Waals surface area contributed by atoms with Crippen molar-refractivity contribution in [3.63, 3.8) is 0 Å². The van der Waals surface area contributed by atoms with E-state index in [1.165, 1.54) is 37.9 Å². The number of fused-ring (bicyclic) bond motifs is 1. The highest BCUT2D eigenvalue weighted by Crippen LogP contribution is 2.29. The summed E-state index contributed by atoms with van der Waals surface area (Å²) in [5.74, 6) is 2.14. The molecule has 1 aliphatic heterocycles. The van der Waals surface area contributed by atoms with Gasteiger partial charge in [-0.05, 0) is 32.6 Å². The van der Waals surface area contributed by atoms with E-state index in [4.69, 9.17) is 10.7 Å². The molecule has 2 N–H and O–H groups in total. The standard InChI is InChI=1S/C13H23N3/c1-3-4-5-8-11-13(14)16-10(2)7-6-9-12(16)15-11/h10H,3-9,14H2,1-2H3. The maximum atomic E-state index is 6.20. The van der Waals surface area contributed by atoms with Crippen molar-refractivity contribution in [3.8, 4) is 0 Å². The molecule has 90 valence electrons. The second-order valence-corrected chi connectivity index (χ2v) is 4.93. The summed E-state index contributed by atoms with van der Waals surface area (Å²) in [6, 6.07) is 0.538. The van der Waals surface area contributed by atoms with Crippen LogP contribution in [0.2, 0.25) is 0 Å². The van der Waals surface area contributed by atoms with Crippen molar-refractivity contribution in [2.45, 2.75) is 64.8 Å². The predicted molar refractivity (Wildman–Crippen MR) is 67.5 cm³/mol. The molecular weight excluding hydrogens is 198 g/mol. The van der Waals surface area contributed by atoms with E-state index in [-0.39, 0.29) is 0 Å². The second-order valence-electron chi connectivity index (χ2n) is 4.93. The van der Waals surface area contributed by atoms with Crippen LogP contribution in [0.3, 0.4) is 0 Å². The summed E-state index contributed by atoms with van der Waals surface area (Å²) in [6.07, 6.45) is 8.38. The Balaban J connectivity index is 2.15. The van der Waals surface area contributed by atoms with Crippen LogP contribution in [-0.4, -0.2) is 9.55 Å². The molecule has 1 atom stereocenters. The van der Waals surface area contributed by atoms with Gasteiger partial charge in [-0.2, -0.15) is 0 Å². The number of aryl methyl sites for hydroxylation is 2. The van der Waals surface area contributed by atoms with Gasteiger partial charge in [0, 0.05) is 12.5 Å². The van der Waals surface area contributed by atoms with E-state index in [0.717, 1.165) is 24.4 Å². The van der Waals surface area contributed by atoms with Crippen molar-refractivity contribution < 1.29 is 0 Å². The average Bonchev–Trinajstić information content (AvgIpc) is 2.58. The quantitative estimate of drug-likeness (QED) is 0.794. The van der Waals surface area contributed by atoms with E-state index in [2.05, 4.69) is 18.4 Å².